The lowest BCUT2D eigenvalue weighted by Gasteiger charge is -2.35. The Balaban J connectivity index is 2.38. The summed E-state index contributed by atoms with van der Waals surface area (Å²) in [5.74, 6) is 0. The third kappa shape index (κ3) is 2.89. The van der Waals surface area contributed by atoms with E-state index in [0.717, 1.165) is 25.9 Å². The van der Waals surface area contributed by atoms with Gasteiger partial charge in [-0.2, -0.15) is 5.26 Å². The largest absolute Gasteiger partial charge is 0.362 e. The predicted octanol–water partition coefficient (Wildman–Crippen LogP) is 2.04. The summed E-state index contributed by atoms with van der Waals surface area (Å²) in [4.78, 5) is 12.9. The molecule has 1 aromatic carbocycles. The number of rotatable bonds is 4. The normalized spacial score (nSPS) is 18.3. The number of anilines is 1. The predicted molar refractivity (Wildman–Crippen MR) is 76.7 cm³/mol. The Bertz CT molecular complexity index is 532. The van der Waals surface area contributed by atoms with Gasteiger partial charge in [0.05, 0.1) is 16.6 Å². The fourth-order valence-electron chi connectivity index (χ4n) is 2.71. The molecule has 1 fully saturated rings. The van der Waals surface area contributed by atoms with Gasteiger partial charge in [-0.25, -0.2) is 0 Å². The van der Waals surface area contributed by atoms with E-state index in [9.17, 15) is 10.1 Å². The van der Waals surface area contributed by atoms with Crippen molar-refractivity contribution in [1.82, 2.24) is 5.32 Å². The van der Waals surface area contributed by atoms with Crippen LogP contribution in [0.5, 0.6) is 0 Å². The van der Waals surface area contributed by atoms with Gasteiger partial charge in [0, 0.05) is 25.2 Å². The highest BCUT2D eigenvalue weighted by atomic mass is 16.6. The molecule has 2 rings (SSSR count). The maximum Gasteiger partial charge on any atom is 0.293 e. The summed E-state index contributed by atoms with van der Waals surface area (Å²) in [5, 5.41) is 23.5. The fraction of sp³-hybridized carbons (Fsp3) is 0.500. The van der Waals surface area contributed by atoms with E-state index in [1.54, 1.807) is 12.1 Å². The zero-order valence-corrected chi connectivity index (χ0v) is 11.5. The Kier molecular flexibility index (Phi) is 4.53. The molecule has 1 N–H and O–H groups in total. The summed E-state index contributed by atoms with van der Waals surface area (Å²) in [6.45, 7) is 4.55. The molecule has 0 radical (unpaired) electrons. The van der Waals surface area contributed by atoms with E-state index in [2.05, 4.69) is 10.2 Å². The van der Waals surface area contributed by atoms with Crippen LogP contribution in [0.3, 0.4) is 0 Å². The number of nitro groups is 1. The minimum Gasteiger partial charge on any atom is -0.362 e. The van der Waals surface area contributed by atoms with Gasteiger partial charge in [0.15, 0.2) is 0 Å². The number of nitriles is 1. The molecule has 0 saturated carbocycles. The number of nitrogens with one attached hydrogen (secondary N) is 1. The van der Waals surface area contributed by atoms with Crippen molar-refractivity contribution in [1.29, 1.82) is 5.26 Å². The molecule has 1 aromatic rings. The lowest BCUT2D eigenvalue weighted by Crippen LogP contribution is -2.46. The van der Waals surface area contributed by atoms with Crippen molar-refractivity contribution in [3.05, 3.63) is 33.9 Å². The first-order valence-corrected chi connectivity index (χ1v) is 6.83. The summed E-state index contributed by atoms with van der Waals surface area (Å²) in [6, 6.07) is 6.90. The Morgan fingerprint density at radius 2 is 2.40 bits per heavy atom. The molecule has 0 aliphatic carbocycles. The minimum absolute atomic E-state index is 0.0106. The van der Waals surface area contributed by atoms with E-state index in [4.69, 9.17) is 5.26 Å². The number of piperidine rings is 1. The maximum atomic E-state index is 11.2. The second kappa shape index (κ2) is 6.35. The van der Waals surface area contributed by atoms with Crippen molar-refractivity contribution < 1.29 is 4.92 Å². The van der Waals surface area contributed by atoms with Crippen LogP contribution in [0.15, 0.2) is 18.2 Å². The molecule has 1 atom stereocenters. The van der Waals surface area contributed by atoms with Crippen LogP contribution in [-0.4, -0.2) is 30.6 Å². The molecule has 1 saturated heterocycles. The van der Waals surface area contributed by atoms with Crippen molar-refractivity contribution in [3.8, 4) is 6.07 Å². The van der Waals surface area contributed by atoms with Crippen LogP contribution in [0.1, 0.15) is 25.3 Å². The van der Waals surface area contributed by atoms with Crippen molar-refractivity contribution in [2.24, 2.45) is 0 Å². The first-order chi connectivity index (χ1) is 9.67. The van der Waals surface area contributed by atoms with Gasteiger partial charge in [-0.05, 0) is 38.4 Å². The first-order valence-electron chi connectivity index (χ1n) is 6.83. The molecule has 0 amide bonds. The highest BCUT2D eigenvalue weighted by Gasteiger charge is 2.26. The van der Waals surface area contributed by atoms with Crippen LogP contribution in [-0.2, 0) is 0 Å². The fourth-order valence-corrected chi connectivity index (χ4v) is 2.71. The molecule has 1 unspecified atom stereocenters. The summed E-state index contributed by atoms with van der Waals surface area (Å²) >= 11 is 0. The molecular formula is C14H18N4O2. The topological polar surface area (TPSA) is 82.2 Å². The molecule has 20 heavy (non-hydrogen) atoms. The second-order valence-electron chi connectivity index (χ2n) is 4.86. The summed E-state index contributed by atoms with van der Waals surface area (Å²) in [5.41, 5.74) is 0.931. The van der Waals surface area contributed by atoms with Gasteiger partial charge in [0.25, 0.3) is 5.69 Å². The molecular weight excluding hydrogens is 256 g/mol. The van der Waals surface area contributed by atoms with E-state index < -0.39 is 4.92 Å². The number of likely N-dealkylation sites (N-methyl/N-ethyl adjacent to an activating group) is 1. The Morgan fingerprint density at radius 3 is 2.95 bits per heavy atom. The summed E-state index contributed by atoms with van der Waals surface area (Å²) < 4.78 is 0. The van der Waals surface area contributed by atoms with Crippen molar-refractivity contribution >= 4 is 11.4 Å². The number of hydrogen-bond donors (Lipinski definition) is 1. The number of nitrogens with zero attached hydrogens (tertiary/aromatic N) is 3. The molecule has 0 aromatic heterocycles. The average molecular weight is 274 g/mol. The van der Waals surface area contributed by atoms with Crippen LogP contribution in [0.2, 0.25) is 0 Å². The maximum absolute atomic E-state index is 11.2. The Labute approximate surface area is 118 Å². The van der Waals surface area contributed by atoms with Gasteiger partial charge in [0.2, 0.25) is 0 Å². The van der Waals surface area contributed by atoms with Crippen molar-refractivity contribution in [2.45, 2.75) is 25.8 Å². The van der Waals surface area contributed by atoms with Gasteiger partial charge in [-0.15, -0.1) is 0 Å². The van der Waals surface area contributed by atoms with E-state index in [1.807, 2.05) is 13.0 Å². The van der Waals surface area contributed by atoms with Gasteiger partial charge < -0.3 is 10.2 Å². The average Bonchev–Trinajstić information content (AvgIpc) is 2.49. The molecule has 0 bridgehead atoms. The number of benzene rings is 1. The Morgan fingerprint density at radius 1 is 1.60 bits per heavy atom. The molecule has 1 heterocycles. The van der Waals surface area contributed by atoms with E-state index >= 15 is 0 Å². The van der Waals surface area contributed by atoms with Crippen LogP contribution < -0.4 is 10.2 Å². The zero-order valence-electron chi connectivity index (χ0n) is 11.5. The smallest absolute Gasteiger partial charge is 0.293 e. The van der Waals surface area contributed by atoms with E-state index in [0.29, 0.717) is 17.8 Å². The highest BCUT2D eigenvalue weighted by Crippen LogP contribution is 2.31. The molecule has 6 nitrogen and oxygen atoms in total. The van der Waals surface area contributed by atoms with Crippen molar-refractivity contribution in [3.63, 3.8) is 0 Å². The van der Waals surface area contributed by atoms with Gasteiger partial charge in [0.1, 0.15) is 5.69 Å². The lowest BCUT2D eigenvalue weighted by atomic mass is 10.0. The van der Waals surface area contributed by atoms with Crippen molar-refractivity contribution in [2.75, 3.05) is 24.5 Å². The minimum atomic E-state index is -0.408. The molecule has 1 aliphatic rings. The number of nitro benzene ring substituents is 1. The van der Waals surface area contributed by atoms with Gasteiger partial charge in [-0.3, -0.25) is 10.1 Å². The van der Waals surface area contributed by atoms with Crippen LogP contribution >= 0.6 is 0 Å². The van der Waals surface area contributed by atoms with Crippen LogP contribution in [0, 0.1) is 21.4 Å². The third-order valence-electron chi connectivity index (χ3n) is 3.66. The summed E-state index contributed by atoms with van der Waals surface area (Å²) in [6.07, 6.45) is 2.10. The molecule has 0 spiro atoms. The van der Waals surface area contributed by atoms with E-state index in [-0.39, 0.29) is 11.7 Å². The highest BCUT2D eigenvalue weighted by molar-refractivity contribution is 5.66. The van der Waals surface area contributed by atoms with Crippen LogP contribution in [0.4, 0.5) is 11.4 Å². The number of hydrogen-bond acceptors (Lipinski definition) is 5. The van der Waals surface area contributed by atoms with E-state index in [1.165, 1.54) is 6.07 Å². The first kappa shape index (κ1) is 14.3. The standard InChI is InChI=1S/C14H18N4O2/c1-2-17(12-4-3-7-16-10-12)13-6-5-11(9-15)8-14(13)18(19)20/h5-6,8,12,16H,2-4,7,10H2,1H3. The molecule has 1 aliphatic heterocycles. The third-order valence-corrected chi connectivity index (χ3v) is 3.66. The van der Waals surface area contributed by atoms with Gasteiger partial charge in [-0.1, -0.05) is 0 Å². The quantitative estimate of drug-likeness (QED) is 0.671. The summed E-state index contributed by atoms with van der Waals surface area (Å²) in [7, 11) is 0. The second-order valence-corrected chi connectivity index (χ2v) is 4.86. The monoisotopic (exact) mass is 274 g/mol. The molecule has 106 valence electrons. The van der Waals surface area contributed by atoms with Gasteiger partial charge >= 0.3 is 0 Å². The lowest BCUT2D eigenvalue weighted by molar-refractivity contribution is -0.384. The SMILES string of the molecule is CCN(c1ccc(C#N)cc1[N+](=O)[O-])C1CCCNC1. The molecule has 6 heteroatoms. The zero-order chi connectivity index (χ0) is 14.5. The van der Waals surface area contributed by atoms with Crippen LogP contribution in [0.25, 0.3) is 0 Å². The Hall–Kier alpha value is -2.13.